The van der Waals surface area contributed by atoms with Crippen LogP contribution in [0.2, 0.25) is 0 Å². The lowest BCUT2D eigenvalue weighted by Gasteiger charge is -2.16. The van der Waals surface area contributed by atoms with Crippen LogP contribution in [0.5, 0.6) is 0 Å². The number of carbonyl (C=O) groups is 3. The van der Waals surface area contributed by atoms with Gasteiger partial charge in [-0.2, -0.15) is 0 Å². The van der Waals surface area contributed by atoms with E-state index in [1.807, 2.05) is 6.07 Å². The molecule has 27 heavy (non-hydrogen) atoms. The minimum Gasteiger partial charge on any atom is -0.467 e. The maximum Gasteiger partial charge on any atom is 0.341 e. The first-order valence-electron chi connectivity index (χ1n) is 8.54. The number of benzene rings is 1. The van der Waals surface area contributed by atoms with Crippen LogP contribution in [-0.4, -0.2) is 30.1 Å². The van der Waals surface area contributed by atoms with Gasteiger partial charge in [-0.05, 0) is 45.0 Å². The van der Waals surface area contributed by atoms with E-state index in [1.54, 1.807) is 50.4 Å². The van der Waals surface area contributed by atoms with Crippen molar-refractivity contribution in [2.24, 2.45) is 0 Å². The van der Waals surface area contributed by atoms with Gasteiger partial charge in [-0.15, -0.1) is 0 Å². The normalized spacial score (nSPS) is 11.6. The summed E-state index contributed by atoms with van der Waals surface area (Å²) in [6.07, 6.45) is 0.431. The standard InChI is InChI=1S/C19H23N3O5/c1-12(2)21-19(25)22-17(23)13(3)27-18(24)15-8-4-5-9-16(15)20-11-14-7-6-10-26-14/h4-10,12-13,20H,11H2,1-3H3,(H2,21,22,23,25)/t13-/m1/s1. The van der Waals surface area contributed by atoms with Gasteiger partial charge in [0.2, 0.25) is 0 Å². The summed E-state index contributed by atoms with van der Waals surface area (Å²) in [7, 11) is 0. The Morgan fingerprint density at radius 1 is 1.07 bits per heavy atom. The van der Waals surface area contributed by atoms with E-state index in [4.69, 9.17) is 9.15 Å². The lowest BCUT2D eigenvalue weighted by molar-refractivity contribution is -0.127. The summed E-state index contributed by atoms with van der Waals surface area (Å²) in [6, 6.07) is 9.59. The Balaban J connectivity index is 1.96. The average Bonchev–Trinajstić information content (AvgIpc) is 3.12. The van der Waals surface area contributed by atoms with Gasteiger partial charge in [-0.25, -0.2) is 9.59 Å². The van der Waals surface area contributed by atoms with E-state index in [1.165, 1.54) is 6.92 Å². The molecule has 0 spiro atoms. The van der Waals surface area contributed by atoms with Crippen LogP contribution in [0, 0.1) is 0 Å². The number of amides is 3. The number of ether oxygens (including phenoxy) is 1. The molecule has 0 aliphatic carbocycles. The van der Waals surface area contributed by atoms with Crippen LogP contribution in [0.25, 0.3) is 0 Å². The molecule has 2 rings (SSSR count). The molecule has 0 bridgehead atoms. The summed E-state index contributed by atoms with van der Waals surface area (Å²) in [5, 5.41) is 7.75. The molecular formula is C19H23N3O5. The van der Waals surface area contributed by atoms with Gasteiger partial charge in [-0.3, -0.25) is 10.1 Å². The minimum atomic E-state index is -1.13. The number of hydrogen-bond donors (Lipinski definition) is 3. The molecule has 1 atom stereocenters. The predicted molar refractivity (Wildman–Crippen MR) is 99.2 cm³/mol. The maximum absolute atomic E-state index is 12.4. The van der Waals surface area contributed by atoms with E-state index in [0.29, 0.717) is 18.0 Å². The summed E-state index contributed by atoms with van der Waals surface area (Å²) < 4.78 is 10.4. The van der Waals surface area contributed by atoms with Crippen LogP contribution < -0.4 is 16.0 Å². The van der Waals surface area contributed by atoms with Gasteiger partial charge in [0.15, 0.2) is 6.10 Å². The number of nitrogens with one attached hydrogen (secondary N) is 3. The van der Waals surface area contributed by atoms with Gasteiger partial charge >= 0.3 is 12.0 Å². The second-order valence-corrected chi connectivity index (χ2v) is 6.14. The molecule has 8 heteroatoms. The van der Waals surface area contributed by atoms with Crippen molar-refractivity contribution in [1.29, 1.82) is 0 Å². The van der Waals surface area contributed by atoms with Crippen LogP contribution in [-0.2, 0) is 16.1 Å². The van der Waals surface area contributed by atoms with Crippen molar-refractivity contribution in [3.63, 3.8) is 0 Å². The molecule has 1 heterocycles. The third-order valence-corrected chi connectivity index (χ3v) is 3.49. The number of para-hydroxylation sites is 1. The highest BCUT2D eigenvalue weighted by Crippen LogP contribution is 2.18. The molecule has 0 radical (unpaired) electrons. The number of esters is 1. The van der Waals surface area contributed by atoms with E-state index in [-0.39, 0.29) is 11.6 Å². The number of carbonyl (C=O) groups excluding carboxylic acids is 3. The highest BCUT2D eigenvalue weighted by Gasteiger charge is 2.22. The smallest absolute Gasteiger partial charge is 0.341 e. The molecule has 0 saturated heterocycles. The minimum absolute atomic E-state index is 0.122. The fourth-order valence-electron chi connectivity index (χ4n) is 2.20. The van der Waals surface area contributed by atoms with Crippen molar-refractivity contribution in [1.82, 2.24) is 10.6 Å². The zero-order chi connectivity index (χ0) is 19.8. The first-order valence-corrected chi connectivity index (χ1v) is 8.54. The zero-order valence-corrected chi connectivity index (χ0v) is 15.4. The molecule has 1 aromatic carbocycles. The van der Waals surface area contributed by atoms with Crippen LogP contribution in [0.1, 0.15) is 36.9 Å². The van der Waals surface area contributed by atoms with Crippen LogP contribution in [0.3, 0.4) is 0 Å². The van der Waals surface area contributed by atoms with Crippen LogP contribution in [0.4, 0.5) is 10.5 Å². The third kappa shape index (κ3) is 6.18. The molecule has 0 aliphatic heterocycles. The molecule has 144 valence electrons. The summed E-state index contributed by atoms with van der Waals surface area (Å²) in [5.74, 6) is -0.672. The SMILES string of the molecule is CC(C)NC(=O)NC(=O)[C@@H](C)OC(=O)c1ccccc1NCc1ccco1. The fraction of sp³-hybridized carbons (Fsp3) is 0.316. The summed E-state index contributed by atoms with van der Waals surface area (Å²) >= 11 is 0. The first-order chi connectivity index (χ1) is 12.9. The van der Waals surface area contributed by atoms with E-state index in [0.717, 1.165) is 0 Å². The van der Waals surface area contributed by atoms with Crippen molar-refractivity contribution >= 4 is 23.6 Å². The van der Waals surface area contributed by atoms with Crippen molar-refractivity contribution in [2.75, 3.05) is 5.32 Å². The zero-order valence-electron chi connectivity index (χ0n) is 15.4. The molecule has 0 saturated carbocycles. The Kier molecular flexibility index (Phi) is 6.99. The lowest BCUT2D eigenvalue weighted by Crippen LogP contribution is -2.46. The maximum atomic E-state index is 12.4. The second kappa shape index (κ2) is 9.42. The summed E-state index contributed by atoms with van der Waals surface area (Å²) in [5.41, 5.74) is 0.819. The van der Waals surface area contributed by atoms with Crippen LogP contribution >= 0.6 is 0 Å². The van der Waals surface area contributed by atoms with E-state index < -0.39 is 24.0 Å². The highest BCUT2D eigenvalue weighted by atomic mass is 16.5. The van der Waals surface area contributed by atoms with Crippen LogP contribution in [0.15, 0.2) is 47.1 Å². The Hall–Kier alpha value is -3.29. The highest BCUT2D eigenvalue weighted by molar-refractivity contribution is 6.00. The van der Waals surface area contributed by atoms with Crippen molar-refractivity contribution in [3.8, 4) is 0 Å². The van der Waals surface area contributed by atoms with Gasteiger partial charge in [-0.1, -0.05) is 12.1 Å². The number of anilines is 1. The molecule has 0 fully saturated rings. The largest absolute Gasteiger partial charge is 0.467 e. The Labute approximate surface area is 157 Å². The van der Waals surface area contributed by atoms with Crippen molar-refractivity contribution < 1.29 is 23.5 Å². The Morgan fingerprint density at radius 3 is 2.48 bits per heavy atom. The fourth-order valence-corrected chi connectivity index (χ4v) is 2.20. The molecule has 0 unspecified atom stereocenters. The number of urea groups is 1. The van der Waals surface area contributed by atoms with Gasteiger partial charge in [0.1, 0.15) is 5.76 Å². The molecule has 3 amide bonds. The van der Waals surface area contributed by atoms with E-state index in [9.17, 15) is 14.4 Å². The van der Waals surface area contributed by atoms with E-state index >= 15 is 0 Å². The first kappa shape index (κ1) is 20.0. The molecular weight excluding hydrogens is 350 g/mol. The summed E-state index contributed by atoms with van der Waals surface area (Å²) in [4.78, 5) is 36.0. The van der Waals surface area contributed by atoms with E-state index in [2.05, 4.69) is 16.0 Å². The number of rotatable bonds is 7. The third-order valence-electron chi connectivity index (χ3n) is 3.49. The van der Waals surface area contributed by atoms with Gasteiger partial charge in [0.05, 0.1) is 18.4 Å². The van der Waals surface area contributed by atoms with Gasteiger partial charge in [0, 0.05) is 11.7 Å². The van der Waals surface area contributed by atoms with Gasteiger partial charge in [0.25, 0.3) is 5.91 Å². The van der Waals surface area contributed by atoms with Gasteiger partial charge < -0.3 is 19.8 Å². The number of imide groups is 1. The summed E-state index contributed by atoms with van der Waals surface area (Å²) in [6.45, 7) is 5.32. The molecule has 8 nitrogen and oxygen atoms in total. The topological polar surface area (TPSA) is 110 Å². The predicted octanol–water partition coefficient (Wildman–Crippen LogP) is 2.67. The second-order valence-electron chi connectivity index (χ2n) is 6.14. The monoisotopic (exact) mass is 373 g/mol. The molecule has 2 aromatic rings. The number of furan rings is 1. The Bertz CT molecular complexity index is 786. The average molecular weight is 373 g/mol. The molecule has 3 N–H and O–H groups in total. The van der Waals surface area contributed by atoms with Crippen molar-refractivity contribution in [2.45, 2.75) is 39.5 Å². The lowest BCUT2D eigenvalue weighted by atomic mass is 10.1. The molecule has 0 aliphatic rings. The number of hydrogen-bond acceptors (Lipinski definition) is 6. The molecule has 1 aromatic heterocycles. The van der Waals surface area contributed by atoms with Crippen molar-refractivity contribution in [3.05, 3.63) is 54.0 Å². The quantitative estimate of drug-likeness (QED) is 0.644. The Morgan fingerprint density at radius 2 is 1.81 bits per heavy atom.